The first-order chi connectivity index (χ1) is 9.47. The average molecular weight is 294 g/mol. The van der Waals surface area contributed by atoms with Gasteiger partial charge in [0.05, 0.1) is 11.4 Å². The monoisotopic (exact) mass is 294 g/mol. The van der Waals surface area contributed by atoms with E-state index in [4.69, 9.17) is 10.3 Å². The Morgan fingerprint density at radius 3 is 2.50 bits per heavy atom. The van der Waals surface area contributed by atoms with Crippen molar-refractivity contribution in [1.82, 2.24) is 20.1 Å². The van der Waals surface area contributed by atoms with Gasteiger partial charge < -0.3 is 15.2 Å². The molecule has 2 N–H and O–H groups in total. The van der Waals surface area contributed by atoms with Crippen LogP contribution in [0, 0.1) is 13.8 Å². The van der Waals surface area contributed by atoms with Crippen LogP contribution in [0.4, 0.5) is 11.9 Å². The Bertz CT molecular complexity index is 578. The molecule has 0 aromatic carbocycles. The van der Waals surface area contributed by atoms with Gasteiger partial charge in [-0.2, -0.15) is 15.0 Å². The molecule has 0 atom stereocenters. The molecule has 7 nitrogen and oxygen atoms in total. The largest absolute Gasteiger partial charge is 0.368 e. The van der Waals surface area contributed by atoms with E-state index in [2.05, 4.69) is 20.1 Å². The van der Waals surface area contributed by atoms with Gasteiger partial charge in [-0.1, -0.05) is 5.16 Å². The summed E-state index contributed by atoms with van der Waals surface area (Å²) in [5.74, 6) is 3.83. The van der Waals surface area contributed by atoms with Gasteiger partial charge in [-0.05, 0) is 13.8 Å². The summed E-state index contributed by atoms with van der Waals surface area (Å²) in [4.78, 5) is 14.4. The lowest BCUT2D eigenvalue weighted by Gasteiger charge is -2.11. The molecular weight excluding hydrogens is 276 g/mol. The minimum atomic E-state index is 0.247. The lowest BCUT2D eigenvalue weighted by Crippen LogP contribution is -2.15. The Morgan fingerprint density at radius 2 is 1.90 bits per heavy atom. The van der Waals surface area contributed by atoms with Gasteiger partial charge in [0, 0.05) is 25.4 Å². The van der Waals surface area contributed by atoms with Gasteiger partial charge in [0.1, 0.15) is 11.6 Å². The number of rotatable bonds is 5. The third-order valence-electron chi connectivity index (χ3n) is 2.75. The van der Waals surface area contributed by atoms with Crippen LogP contribution in [0.25, 0.3) is 0 Å². The van der Waals surface area contributed by atoms with Gasteiger partial charge in [-0.25, -0.2) is 0 Å². The molecule has 0 aliphatic carbocycles. The molecule has 0 spiro atoms. The van der Waals surface area contributed by atoms with E-state index >= 15 is 0 Å². The van der Waals surface area contributed by atoms with Crippen molar-refractivity contribution in [3.63, 3.8) is 0 Å². The number of nitrogens with two attached hydrogens (primary N) is 1. The van der Waals surface area contributed by atoms with Crippen molar-refractivity contribution >= 4 is 23.7 Å². The van der Waals surface area contributed by atoms with Crippen molar-refractivity contribution in [2.24, 2.45) is 0 Å². The Balaban J connectivity index is 2.01. The highest BCUT2D eigenvalue weighted by molar-refractivity contribution is 7.97. The fraction of sp³-hybridized carbons (Fsp3) is 0.500. The fourth-order valence-electron chi connectivity index (χ4n) is 1.64. The topological polar surface area (TPSA) is 94.0 Å². The molecule has 0 aliphatic heterocycles. The third kappa shape index (κ3) is 3.38. The van der Waals surface area contributed by atoms with E-state index in [0.717, 1.165) is 22.8 Å². The Kier molecular flexibility index (Phi) is 4.43. The zero-order chi connectivity index (χ0) is 14.7. The first kappa shape index (κ1) is 14.6. The van der Waals surface area contributed by atoms with E-state index < -0.39 is 0 Å². The summed E-state index contributed by atoms with van der Waals surface area (Å²) in [6.45, 7) is 3.86. The Hall–Kier alpha value is -1.83. The van der Waals surface area contributed by atoms with Gasteiger partial charge in [-0.15, -0.1) is 11.8 Å². The van der Waals surface area contributed by atoms with Crippen molar-refractivity contribution in [2.75, 3.05) is 24.7 Å². The molecule has 0 bridgehead atoms. The van der Waals surface area contributed by atoms with Gasteiger partial charge in [0.2, 0.25) is 11.9 Å². The van der Waals surface area contributed by atoms with Crippen LogP contribution in [0.5, 0.6) is 0 Å². The van der Waals surface area contributed by atoms with E-state index in [0.29, 0.717) is 17.5 Å². The van der Waals surface area contributed by atoms with Gasteiger partial charge in [-0.3, -0.25) is 0 Å². The van der Waals surface area contributed by atoms with E-state index in [1.165, 1.54) is 0 Å². The normalized spacial score (nSPS) is 10.8. The van der Waals surface area contributed by atoms with E-state index in [9.17, 15) is 0 Å². The molecule has 0 aliphatic rings. The van der Waals surface area contributed by atoms with Crippen LogP contribution in [-0.2, 0) is 11.5 Å². The Morgan fingerprint density at radius 1 is 1.15 bits per heavy atom. The number of aromatic nitrogens is 4. The summed E-state index contributed by atoms with van der Waals surface area (Å²) in [6, 6.07) is 0. The maximum atomic E-state index is 5.69. The molecule has 2 aromatic heterocycles. The molecule has 0 saturated carbocycles. The maximum Gasteiger partial charge on any atom is 0.229 e. The molecule has 8 heteroatoms. The van der Waals surface area contributed by atoms with Crippen LogP contribution in [0.15, 0.2) is 4.52 Å². The van der Waals surface area contributed by atoms with Crippen molar-refractivity contribution in [1.29, 1.82) is 0 Å². The maximum absolute atomic E-state index is 5.69. The van der Waals surface area contributed by atoms with Crippen molar-refractivity contribution < 1.29 is 4.52 Å². The number of nitrogens with zero attached hydrogens (tertiary/aromatic N) is 5. The Labute approximate surface area is 122 Å². The van der Waals surface area contributed by atoms with Crippen molar-refractivity contribution in [3.8, 4) is 0 Å². The standard InChI is InChI=1S/C12H18N6OS/c1-7-9(8(2)19-17-7)5-20-6-10-14-11(13)16-12(15-10)18(3)4/h5-6H2,1-4H3,(H2,13,14,15,16). The zero-order valence-electron chi connectivity index (χ0n) is 12.0. The lowest BCUT2D eigenvalue weighted by atomic mass is 10.2. The molecule has 2 heterocycles. The first-order valence-corrected chi connectivity index (χ1v) is 7.30. The predicted octanol–water partition coefficient (Wildman–Crippen LogP) is 1.56. The second kappa shape index (κ2) is 6.08. The SMILES string of the molecule is Cc1noc(C)c1CSCc1nc(N)nc(N(C)C)n1. The summed E-state index contributed by atoms with van der Waals surface area (Å²) < 4.78 is 5.14. The number of hydrogen-bond donors (Lipinski definition) is 1. The number of thioether (sulfide) groups is 1. The third-order valence-corrected chi connectivity index (χ3v) is 3.70. The minimum Gasteiger partial charge on any atom is -0.368 e. The second-order valence-electron chi connectivity index (χ2n) is 4.60. The molecule has 2 aromatic rings. The summed E-state index contributed by atoms with van der Waals surface area (Å²) in [5.41, 5.74) is 7.75. The molecule has 0 fully saturated rings. The van der Waals surface area contributed by atoms with Gasteiger partial charge >= 0.3 is 0 Å². The molecule has 108 valence electrons. The fourth-order valence-corrected chi connectivity index (χ4v) is 2.67. The molecule has 0 amide bonds. The van der Waals surface area contributed by atoms with Crippen LogP contribution >= 0.6 is 11.8 Å². The van der Waals surface area contributed by atoms with E-state index in [1.807, 2.05) is 27.9 Å². The van der Waals surface area contributed by atoms with Crippen LogP contribution in [0.2, 0.25) is 0 Å². The zero-order valence-corrected chi connectivity index (χ0v) is 12.9. The average Bonchev–Trinajstić information content (AvgIpc) is 2.69. The molecule has 20 heavy (non-hydrogen) atoms. The van der Waals surface area contributed by atoms with Crippen molar-refractivity contribution in [2.45, 2.75) is 25.4 Å². The quantitative estimate of drug-likeness (QED) is 0.887. The van der Waals surface area contributed by atoms with Crippen LogP contribution in [0.1, 0.15) is 22.8 Å². The second-order valence-corrected chi connectivity index (χ2v) is 5.59. The van der Waals surface area contributed by atoms with Crippen LogP contribution in [-0.4, -0.2) is 34.2 Å². The lowest BCUT2D eigenvalue weighted by molar-refractivity contribution is 0.392. The molecule has 0 unspecified atom stereocenters. The summed E-state index contributed by atoms with van der Waals surface area (Å²) in [5, 5.41) is 3.94. The van der Waals surface area contributed by atoms with Crippen molar-refractivity contribution in [3.05, 3.63) is 22.8 Å². The number of aryl methyl sites for hydroxylation is 2. The highest BCUT2D eigenvalue weighted by atomic mass is 32.2. The van der Waals surface area contributed by atoms with Gasteiger partial charge in [0.15, 0.2) is 0 Å². The van der Waals surface area contributed by atoms with E-state index in [-0.39, 0.29) is 5.95 Å². The predicted molar refractivity (Wildman–Crippen MR) is 79.5 cm³/mol. The summed E-state index contributed by atoms with van der Waals surface area (Å²) in [6.07, 6.45) is 0. The molecule has 2 rings (SSSR count). The van der Waals surface area contributed by atoms with Crippen LogP contribution < -0.4 is 10.6 Å². The smallest absolute Gasteiger partial charge is 0.229 e. The molecule has 0 saturated heterocycles. The molecular formula is C12H18N6OS. The number of hydrogen-bond acceptors (Lipinski definition) is 8. The summed E-state index contributed by atoms with van der Waals surface area (Å²) in [7, 11) is 3.74. The highest BCUT2D eigenvalue weighted by Crippen LogP contribution is 2.22. The highest BCUT2D eigenvalue weighted by Gasteiger charge is 2.10. The number of anilines is 2. The first-order valence-electron chi connectivity index (χ1n) is 6.14. The van der Waals surface area contributed by atoms with E-state index in [1.54, 1.807) is 16.7 Å². The van der Waals surface area contributed by atoms with Crippen LogP contribution in [0.3, 0.4) is 0 Å². The summed E-state index contributed by atoms with van der Waals surface area (Å²) >= 11 is 1.69. The van der Waals surface area contributed by atoms with Gasteiger partial charge in [0.25, 0.3) is 0 Å². The molecule has 0 radical (unpaired) electrons. The minimum absolute atomic E-state index is 0.247. The number of nitrogen functional groups attached to an aromatic ring is 1.